The van der Waals surface area contributed by atoms with Crippen LogP contribution in [0, 0.1) is 3.57 Å². The highest BCUT2D eigenvalue weighted by molar-refractivity contribution is 14.1. The van der Waals surface area contributed by atoms with Crippen molar-refractivity contribution in [1.82, 2.24) is 4.31 Å². The SMILES string of the molecule is CN(C)S(=O)(=O)c1ccccc1I. The number of hydrogen-bond donors (Lipinski definition) is 0. The zero-order valence-corrected chi connectivity index (χ0v) is 10.3. The molecule has 0 bridgehead atoms. The lowest BCUT2D eigenvalue weighted by Crippen LogP contribution is -2.22. The summed E-state index contributed by atoms with van der Waals surface area (Å²) in [5, 5.41) is 0. The minimum atomic E-state index is -3.28. The lowest BCUT2D eigenvalue weighted by molar-refractivity contribution is 0.520. The standard InChI is InChI=1S/C8H10INO2S/c1-10(2)13(11,12)8-6-4-3-5-7(8)9/h3-6H,1-2H3. The van der Waals surface area contributed by atoms with Crippen LogP contribution in [0.5, 0.6) is 0 Å². The van der Waals surface area contributed by atoms with E-state index in [4.69, 9.17) is 0 Å². The summed E-state index contributed by atoms with van der Waals surface area (Å²) in [6.45, 7) is 0. The van der Waals surface area contributed by atoms with Gasteiger partial charge < -0.3 is 0 Å². The molecule has 3 nitrogen and oxygen atoms in total. The molecule has 0 radical (unpaired) electrons. The quantitative estimate of drug-likeness (QED) is 0.777. The van der Waals surface area contributed by atoms with Crippen molar-refractivity contribution >= 4 is 32.6 Å². The molecular weight excluding hydrogens is 301 g/mol. The summed E-state index contributed by atoms with van der Waals surface area (Å²) < 4.78 is 25.3. The molecule has 0 atom stereocenters. The van der Waals surface area contributed by atoms with Crippen molar-refractivity contribution in [3.8, 4) is 0 Å². The summed E-state index contributed by atoms with van der Waals surface area (Å²) in [4.78, 5) is 0.362. The zero-order chi connectivity index (χ0) is 10.1. The zero-order valence-electron chi connectivity index (χ0n) is 7.36. The van der Waals surface area contributed by atoms with Crippen LogP contribution in [0.1, 0.15) is 0 Å². The molecule has 0 spiro atoms. The van der Waals surface area contributed by atoms with E-state index in [1.54, 1.807) is 18.2 Å². The van der Waals surface area contributed by atoms with Crippen molar-refractivity contribution in [1.29, 1.82) is 0 Å². The van der Waals surface area contributed by atoms with Crippen LogP contribution in [0.4, 0.5) is 0 Å². The monoisotopic (exact) mass is 311 g/mol. The first kappa shape index (κ1) is 10.9. The molecule has 0 heterocycles. The van der Waals surface area contributed by atoms with Crippen LogP contribution < -0.4 is 0 Å². The molecule has 0 saturated heterocycles. The van der Waals surface area contributed by atoms with E-state index in [1.807, 2.05) is 28.7 Å². The summed E-state index contributed by atoms with van der Waals surface area (Å²) in [7, 11) is -0.229. The van der Waals surface area contributed by atoms with Crippen molar-refractivity contribution in [3.63, 3.8) is 0 Å². The Hall–Kier alpha value is -0.140. The molecule has 1 rings (SSSR count). The number of rotatable bonds is 2. The van der Waals surface area contributed by atoms with Gasteiger partial charge in [0.05, 0.1) is 4.90 Å². The average molecular weight is 311 g/mol. The molecule has 0 aliphatic carbocycles. The van der Waals surface area contributed by atoms with Crippen LogP contribution >= 0.6 is 22.6 Å². The van der Waals surface area contributed by atoms with Crippen LogP contribution in [-0.2, 0) is 10.0 Å². The summed E-state index contributed by atoms with van der Waals surface area (Å²) >= 11 is 2.01. The Morgan fingerprint density at radius 2 is 1.77 bits per heavy atom. The highest BCUT2D eigenvalue weighted by atomic mass is 127. The number of halogens is 1. The van der Waals surface area contributed by atoms with Gasteiger partial charge in [-0.25, -0.2) is 12.7 Å². The third kappa shape index (κ3) is 2.21. The maximum Gasteiger partial charge on any atom is 0.243 e. The van der Waals surface area contributed by atoms with E-state index in [-0.39, 0.29) is 0 Å². The predicted octanol–water partition coefficient (Wildman–Crippen LogP) is 1.54. The van der Waals surface area contributed by atoms with E-state index in [0.29, 0.717) is 4.90 Å². The summed E-state index contributed by atoms with van der Waals surface area (Å²) in [5.41, 5.74) is 0. The van der Waals surface area contributed by atoms with Crippen molar-refractivity contribution in [2.75, 3.05) is 14.1 Å². The van der Waals surface area contributed by atoms with Gasteiger partial charge in [0.1, 0.15) is 0 Å². The Morgan fingerprint density at radius 1 is 1.23 bits per heavy atom. The van der Waals surface area contributed by atoms with Crippen LogP contribution in [-0.4, -0.2) is 26.8 Å². The normalized spacial score (nSPS) is 12.0. The molecule has 0 fully saturated rings. The van der Waals surface area contributed by atoms with Gasteiger partial charge in [-0.1, -0.05) is 12.1 Å². The molecule has 0 saturated carbocycles. The second-order valence-electron chi connectivity index (χ2n) is 2.72. The summed E-state index contributed by atoms with van der Waals surface area (Å²) in [6.07, 6.45) is 0. The minimum absolute atomic E-state index is 0.362. The van der Waals surface area contributed by atoms with Gasteiger partial charge in [-0.3, -0.25) is 0 Å². The molecule has 5 heteroatoms. The first-order chi connectivity index (χ1) is 5.96. The van der Waals surface area contributed by atoms with Crippen molar-refractivity contribution in [3.05, 3.63) is 27.8 Å². The van der Waals surface area contributed by atoms with Gasteiger partial charge in [-0.2, -0.15) is 0 Å². The fraction of sp³-hybridized carbons (Fsp3) is 0.250. The van der Waals surface area contributed by atoms with Crippen LogP contribution in [0.15, 0.2) is 29.2 Å². The Balaban J connectivity index is 3.32. The van der Waals surface area contributed by atoms with Gasteiger partial charge >= 0.3 is 0 Å². The minimum Gasteiger partial charge on any atom is -0.207 e. The molecule has 1 aromatic rings. The predicted molar refractivity (Wildman–Crippen MR) is 60.0 cm³/mol. The average Bonchev–Trinajstić information content (AvgIpc) is 2.04. The number of benzene rings is 1. The number of nitrogens with zero attached hydrogens (tertiary/aromatic N) is 1. The number of sulfonamides is 1. The van der Waals surface area contributed by atoms with Gasteiger partial charge in [0.15, 0.2) is 0 Å². The largest absolute Gasteiger partial charge is 0.243 e. The van der Waals surface area contributed by atoms with Crippen molar-refractivity contribution in [2.24, 2.45) is 0 Å². The first-order valence-electron chi connectivity index (χ1n) is 3.63. The Morgan fingerprint density at radius 3 is 2.23 bits per heavy atom. The molecule has 0 N–H and O–H groups in total. The second-order valence-corrected chi connectivity index (χ2v) is 6.00. The molecule has 0 unspecified atom stereocenters. The van der Waals surface area contributed by atoms with Gasteiger partial charge in [-0.05, 0) is 34.7 Å². The first-order valence-corrected chi connectivity index (χ1v) is 6.15. The van der Waals surface area contributed by atoms with E-state index in [0.717, 1.165) is 3.57 Å². The highest BCUT2D eigenvalue weighted by Crippen LogP contribution is 2.19. The molecular formula is C8H10INO2S. The maximum atomic E-state index is 11.7. The van der Waals surface area contributed by atoms with Crippen LogP contribution in [0.3, 0.4) is 0 Å². The fourth-order valence-electron chi connectivity index (χ4n) is 0.851. The summed E-state index contributed by atoms with van der Waals surface area (Å²) in [6, 6.07) is 6.92. The van der Waals surface area contributed by atoms with Gasteiger partial charge in [0, 0.05) is 17.7 Å². The Kier molecular flexibility index (Phi) is 3.31. The van der Waals surface area contributed by atoms with E-state index in [9.17, 15) is 8.42 Å². The molecule has 0 aliphatic heterocycles. The third-order valence-electron chi connectivity index (χ3n) is 1.60. The molecule has 0 amide bonds. The Labute approximate surface area is 91.9 Å². The van der Waals surface area contributed by atoms with E-state index >= 15 is 0 Å². The lowest BCUT2D eigenvalue weighted by atomic mass is 10.4. The maximum absolute atomic E-state index is 11.7. The number of hydrogen-bond acceptors (Lipinski definition) is 2. The summed E-state index contributed by atoms with van der Waals surface area (Å²) in [5.74, 6) is 0. The molecule has 0 aromatic heterocycles. The lowest BCUT2D eigenvalue weighted by Gasteiger charge is -2.12. The smallest absolute Gasteiger partial charge is 0.207 e. The topological polar surface area (TPSA) is 37.4 Å². The van der Waals surface area contributed by atoms with Gasteiger partial charge in [0.2, 0.25) is 10.0 Å². The van der Waals surface area contributed by atoms with Crippen molar-refractivity contribution < 1.29 is 8.42 Å². The van der Waals surface area contributed by atoms with E-state index in [2.05, 4.69) is 0 Å². The molecule has 13 heavy (non-hydrogen) atoms. The Bertz CT molecular complexity index is 400. The van der Waals surface area contributed by atoms with E-state index < -0.39 is 10.0 Å². The van der Waals surface area contributed by atoms with Crippen molar-refractivity contribution in [2.45, 2.75) is 4.90 Å². The van der Waals surface area contributed by atoms with Crippen LogP contribution in [0.25, 0.3) is 0 Å². The molecule has 1 aromatic carbocycles. The highest BCUT2D eigenvalue weighted by Gasteiger charge is 2.19. The van der Waals surface area contributed by atoms with Gasteiger partial charge in [-0.15, -0.1) is 0 Å². The van der Waals surface area contributed by atoms with Crippen LogP contribution in [0.2, 0.25) is 0 Å². The fourth-order valence-corrected chi connectivity index (χ4v) is 3.03. The second kappa shape index (κ2) is 3.93. The molecule has 0 aliphatic rings. The third-order valence-corrected chi connectivity index (χ3v) is 4.78. The molecule has 72 valence electrons. The van der Waals surface area contributed by atoms with E-state index in [1.165, 1.54) is 18.4 Å². The van der Waals surface area contributed by atoms with Gasteiger partial charge in [0.25, 0.3) is 0 Å².